The van der Waals surface area contributed by atoms with Gasteiger partial charge in [0.25, 0.3) is 0 Å². The summed E-state index contributed by atoms with van der Waals surface area (Å²) in [6.07, 6.45) is 0.787. The van der Waals surface area contributed by atoms with Crippen LogP contribution in [0, 0.1) is 11.7 Å². The zero-order valence-electron chi connectivity index (χ0n) is 10.8. The van der Waals surface area contributed by atoms with Gasteiger partial charge in [-0.3, -0.25) is 0 Å². The van der Waals surface area contributed by atoms with Crippen molar-refractivity contribution < 1.29 is 4.39 Å². The van der Waals surface area contributed by atoms with Crippen molar-refractivity contribution in [3.05, 3.63) is 40.2 Å². The van der Waals surface area contributed by atoms with Crippen molar-refractivity contribution in [2.24, 2.45) is 5.92 Å². The van der Waals surface area contributed by atoms with Gasteiger partial charge in [0.05, 0.1) is 10.2 Å². The second-order valence-corrected chi connectivity index (χ2v) is 5.59. The summed E-state index contributed by atoms with van der Waals surface area (Å²) >= 11 is 3.41. The van der Waals surface area contributed by atoms with E-state index < -0.39 is 0 Å². The highest BCUT2D eigenvalue weighted by atomic mass is 79.9. The number of halogens is 2. The molecule has 3 nitrogen and oxygen atoms in total. The van der Waals surface area contributed by atoms with Crippen LogP contribution in [0.15, 0.2) is 28.7 Å². The highest BCUT2D eigenvalue weighted by Crippen LogP contribution is 2.27. The Morgan fingerprint density at radius 2 is 2.05 bits per heavy atom. The molecule has 1 aromatic heterocycles. The predicted molar refractivity (Wildman–Crippen MR) is 78.1 cm³/mol. The van der Waals surface area contributed by atoms with Crippen LogP contribution in [-0.2, 0) is 6.42 Å². The maximum Gasteiger partial charge on any atom is 0.161 e. The average Bonchev–Trinajstić information content (AvgIpc) is 2.34. The van der Waals surface area contributed by atoms with E-state index in [4.69, 9.17) is 5.73 Å². The molecule has 0 saturated carbocycles. The first kappa shape index (κ1) is 13.9. The molecule has 1 heterocycles. The molecule has 2 N–H and O–H groups in total. The summed E-state index contributed by atoms with van der Waals surface area (Å²) in [5, 5.41) is 0. The minimum absolute atomic E-state index is 0.312. The Morgan fingerprint density at radius 3 is 2.68 bits per heavy atom. The second kappa shape index (κ2) is 5.65. The molecule has 0 fully saturated rings. The summed E-state index contributed by atoms with van der Waals surface area (Å²) in [5.41, 5.74) is 7.36. The summed E-state index contributed by atoms with van der Waals surface area (Å²) in [6, 6.07) is 6.20. The monoisotopic (exact) mass is 323 g/mol. The van der Waals surface area contributed by atoms with Crippen molar-refractivity contribution in [2.45, 2.75) is 20.3 Å². The van der Waals surface area contributed by atoms with Crippen LogP contribution in [0.3, 0.4) is 0 Å². The lowest BCUT2D eigenvalue weighted by atomic mass is 10.1. The SMILES string of the molecule is CC(C)Cc1nc(-c2cccc(F)c2)nc(N)c1Br. The van der Waals surface area contributed by atoms with E-state index in [-0.39, 0.29) is 5.82 Å². The Morgan fingerprint density at radius 1 is 1.32 bits per heavy atom. The van der Waals surface area contributed by atoms with Gasteiger partial charge in [0.1, 0.15) is 11.6 Å². The lowest BCUT2D eigenvalue weighted by molar-refractivity contribution is 0.627. The van der Waals surface area contributed by atoms with E-state index in [0.29, 0.717) is 23.1 Å². The van der Waals surface area contributed by atoms with Crippen molar-refractivity contribution in [3.8, 4) is 11.4 Å². The predicted octanol–water partition coefficient (Wildman–Crippen LogP) is 3.83. The van der Waals surface area contributed by atoms with E-state index in [1.54, 1.807) is 12.1 Å². The van der Waals surface area contributed by atoms with Gasteiger partial charge in [-0.05, 0) is 40.4 Å². The van der Waals surface area contributed by atoms with Gasteiger partial charge < -0.3 is 5.73 Å². The molecule has 0 spiro atoms. The van der Waals surface area contributed by atoms with E-state index in [0.717, 1.165) is 16.6 Å². The number of hydrogen-bond acceptors (Lipinski definition) is 3. The van der Waals surface area contributed by atoms with Crippen LogP contribution in [0.4, 0.5) is 10.2 Å². The number of hydrogen-bond donors (Lipinski definition) is 1. The highest BCUT2D eigenvalue weighted by Gasteiger charge is 2.13. The topological polar surface area (TPSA) is 51.8 Å². The molecule has 2 aromatic rings. The maximum absolute atomic E-state index is 13.2. The summed E-state index contributed by atoms with van der Waals surface area (Å²) in [7, 11) is 0. The van der Waals surface area contributed by atoms with E-state index in [9.17, 15) is 4.39 Å². The molecule has 0 amide bonds. The number of aromatic nitrogens is 2. The molecule has 0 aliphatic heterocycles. The quantitative estimate of drug-likeness (QED) is 0.934. The number of nitrogens with zero attached hydrogens (tertiary/aromatic N) is 2. The van der Waals surface area contributed by atoms with Crippen molar-refractivity contribution in [1.82, 2.24) is 9.97 Å². The van der Waals surface area contributed by atoms with Gasteiger partial charge in [0.2, 0.25) is 0 Å². The van der Waals surface area contributed by atoms with Crippen LogP contribution in [-0.4, -0.2) is 9.97 Å². The second-order valence-electron chi connectivity index (χ2n) is 4.80. The Kier molecular flexibility index (Phi) is 4.14. The van der Waals surface area contributed by atoms with Crippen molar-refractivity contribution in [3.63, 3.8) is 0 Å². The van der Waals surface area contributed by atoms with E-state index >= 15 is 0 Å². The molecular weight excluding hydrogens is 309 g/mol. The Balaban J connectivity index is 2.50. The van der Waals surface area contributed by atoms with Crippen molar-refractivity contribution in [2.75, 3.05) is 5.73 Å². The van der Waals surface area contributed by atoms with Crippen LogP contribution in [0.1, 0.15) is 19.5 Å². The first-order valence-electron chi connectivity index (χ1n) is 6.05. The molecule has 0 unspecified atom stereocenters. The smallest absolute Gasteiger partial charge is 0.161 e. The van der Waals surface area contributed by atoms with Gasteiger partial charge in [-0.2, -0.15) is 0 Å². The molecule has 0 radical (unpaired) electrons. The molecule has 0 atom stereocenters. The fraction of sp³-hybridized carbons (Fsp3) is 0.286. The zero-order valence-corrected chi connectivity index (χ0v) is 12.4. The minimum Gasteiger partial charge on any atom is -0.383 e. The van der Waals surface area contributed by atoms with Gasteiger partial charge >= 0.3 is 0 Å². The molecule has 0 aliphatic carbocycles. The molecule has 19 heavy (non-hydrogen) atoms. The molecule has 2 rings (SSSR count). The number of nitrogens with two attached hydrogens (primary N) is 1. The zero-order chi connectivity index (χ0) is 14.0. The largest absolute Gasteiger partial charge is 0.383 e. The fourth-order valence-corrected chi connectivity index (χ4v) is 2.13. The van der Waals surface area contributed by atoms with Crippen LogP contribution in [0.5, 0.6) is 0 Å². The standard InChI is InChI=1S/C14H15BrFN3/c1-8(2)6-11-12(15)13(17)19-14(18-11)9-4-3-5-10(16)7-9/h3-5,7-8H,6H2,1-2H3,(H2,17,18,19). The Labute approximate surface area is 120 Å². The lowest BCUT2D eigenvalue weighted by Crippen LogP contribution is -2.05. The summed E-state index contributed by atoms with van der Waals surface area (Å²) in [4.78, 5) is 8.69. The van der Waals surface area contributed by atoms with E-state index in [2.05, 4.69) is 39.7 Å². The third-order valence-corrected chi connectivity index (χ3v) is 3.49. The molecule has 0 aliphatic rings. The van der Waals surface area contributed by atoms with Crippen LogP contribution in [0.2, 0.25) is 0 Å². The normalized spacial score (nSPS) is 11.0. The van der Waals surface area contributed by atoms with Crippen molar-refractivity contribution in [1.29, 1.82) is 0 Å². The Hall–Kier alpha value is -1.49. The van der Waals surface area contributed by atoms with Gasteiger partial charge in [0, 0.05) is 5.56 Å². The third kappa shape index (κ3) is 3.29. The van der Waals surface area contributed by atoms with Crippen molar-refractivity contribution >= 4 is 21.7 Å². The van der Waals surface area contributed by atoms with E-state index in [1.165, 1.54) is 12.1 Å². The number of nitrogen functional groups attached to an aromatic ring is 1. The van der Waals surface area contributed by atoms with Gasteiger partial charge in [0.15, 0.2) is 5.82 Å². The maximum atomic E-state index is 13.2. The first-order valence-corrected chi connectivity index (χ1v) is 6.84. The summed E-state index contributed by atoms with van der Waals surface area (Å²) < 4.78 is 14.0. The van der Waals surface area contributed by atoms with Crippen LogP contribution >= 0.6 is 15.9 Å². The summed E-state index contributed by atoms with van der Waals surface area (Å²) in [6.45, 7) is 4.21. The summed E-state index contributed by atoms with van der Waals surface area (Å²) in [5.74, 6) is 0.972. The lowest BCUT2D eigenvalue weighted by Gasteiger charge is -2.10. The molecular formula is C14H15BrFN3. The molecule has 5 heteroatoms. The van der Waals surface area contributed by atoms with Gasteiger partial charge in [-0.1, -0.05) is 26.0 Å². The van der Waals surface area contributed by atoms with Crippen LogP contribution in [0.25, 0.3) is 11.4 Å². The molecule has 1 aromatic carbocycles. The average molecular weight is 324 g/mol. The first-order chi connectivity index (χ1) is 8.97. The van der Waals surface area contributed by atoms with Gasteiger partial charge in [-0.15, -0.1) is 0 Å². The fourth-order valence-electron chi connectivity index (χ4n) is 1.79. The molecule has 0 bridgehead atoms. The van der Waals surface area contributed by atoms with E-state index in [1.807, 2.05) is 0 Å². The minimum atomic E-state index is -0.312. The highest BCUT2D eigenvalue weighted by molar-refractivity contribution is 9.10. The molecule has 0 saturated heterocycles. The Bertz CT molecular complexity index is 599. The molecule has 100 valence electrons. The van der Waals surface area contributed by atoms with Gasteiger partial charge in [-0.25, -0.2) is 14.4 Å². The van der Waals surface area contributed by atoms with Crippen LogP contribution < -0.4 is 5.73 Å². The number of anilines is 1. The number of rotatable bonds is 3. The third-order valence-electron chi connectivity index (χ3n) is 2.63. The number of benzene rings is 1.